The van der Waals surface area contributed by atoms with Gasteiger partial charge in [-0.05, 0) is 36.8 Å². The first kappa shape index (κ1) is 15.2. The summed E-state index contributed by atoms with van der Waals surface area (Å²) < 4.78 is 29.1. The summed E-state index contributed by atoms with van der Waals surface area (Å²) in [4.78, 5) is 1.16. The number of thiophene rings is 1. The lowest BCUT2D eigenvalue weighted by molar-refractivity contribution is -0.0498. The van der Waals surface area contributed by atoms with Crippen LogP contribution in [0, 0.1) is 0 Å². The maximum Gasteiger partial charge on any atom is 0.387 e. The second-order valence-electron chi connectivity index (χ2n) is 4.27. The van der Waals surface area contributed by atoms with Crippen LogP contribution in [-0.2, 0) is 6.54 Å². The van der Waals surface area contributed by atoms with Crippen LogP contribution in [0.1, 0.15) is 23.4 Å². The molecular formula is C14H14ClF2NOS. The van der Waals surface area contributed by atoms with Crippen molar-refractivity contribution in [3.8, 4) is 5.75 Å². The van der Waals surface area contributed by atoms with Gasteiger partial charge in [-0.25, -0.2) is 0 Å². The molecule has 1 aromatic carbocycles. The second-order valence-corrected chi connectivity index (χ2v) is 6.01. The van der Waals surface area contributed by atoms with E-state index in [4.69, 9.17) is 11.6 Å². The van der Waals surface area contributed by atoms with Gasteiger partial charge in [0, 0.05) is 17.5 Å². The van der Waals surface area contributed by atoms with Gasteiger partial charge in [0.25, 0.3) is 0 Å². The van der Waals surface area contributed by atoms with Crippen LogP contribution in [0.2, 0.25) is 4.34 Å². The minimum Gasteiger partial charge on any atom is -0.435 e. The number of halogens is 3. The molecule has 1 atom stereocenters. The Balaban J connectivity index is 1.87. The van der Waals surface area contributed by atoms with Gasteiger partial charge in [0.2, 0.25) is 0 Å². The summed E-state index contributed by atoms with van der Waals surface area (Å²) in [7, 11) is 0. The Labute approximate surface area is 125 Å². The zero-order valence-electron chi connectivity index (χ0n) is 10.8. The van der Waals surface area contributed by atoms with Crippen LogP contribution in [0.5, 0.6) is 5.75 Å². The van der Waals surface area contributed by atoms with Gasteiger partial charge in [-0.15, -0.1) is 11.3 Å². The summed E-state index contributed by atoms with van der Waals surface area (Å²) in [6, 6.07) is 10.6. The van der Waals surface area contributed by atoms with Crippen LogP contribution >= 0.6 is 22.9 Å². The van der Waals surface area contributed by atoms with E-state index in [-0.39, 0.29) is 11.8 Å². The maximum atomic E-state index is 12.0. The summed E-state index contributed by atoms with van der Waals surface area (Å²) in [6.07, 6.45) is 0. The van der Waals surface area contributed by atoms with Crippen LogP contribution in [0.25, 0.3) is 0 Å². The minimum atomic E-state index is -2.79. The molecule has 2 rings (SSSR count). The Morgan fingerprint density at radius 1 is 1.20 bits per heavy atom. The molecule has 2 aromatic rings. The summed E-state index contributed by atoms with van der Waals surface area (Å²) in [6.45, 7) is -0.0928. The molecule has 0 fully saturated rings. The van der Waals surface area contributed by atoms with Crippen molar-refractivity contribution >= 4 is 22.9 Å². The molecule has 0 amide bonds. The lowest BCUT2D eigenvalue weighted by Gasteiger charge is -2.12. The molecule has 1 aromatic heterocycles. The third-order valence-corrected chi connectivity index (χ3v) is 4.20. The Kier molecular flexibility index (Phi) is 5.34. The molecule has 0 aliphatic rings. The number of hydrogen-bond acceptors (Lipinski definition) is 3. The Morgan fingerprint density at radius 3 is 2.45 bits per heavy atom. The predicted octanol–water partition coefficient (Wildman–Crippen LogP) is 4.85. The number of hydrogen-bond donors (Lipinski definition) is 1. The summed E-state index contributed by atoms with van der Waals surface area (Å²) in [5.74, 6) is 0.168. The molecule has 108 valence electrons. The SMILES string of the molecule is CC(NCc1ccc(OC(F)F)cc1)c1ccc(Cl)s1. The highest BCUT2D eigenvalue weighted by atomic mass is 35.5. The molecule has 0 saturated heterocycles. The highest BCUT2D eigenvalue weighted by Crippen LogP contribution is 2.26. The molecule has 0 spiro atoms. The Hall–Kier alpha value is -1.17. The quantitative estimate of drug-likeness (QED) is 0.822. The molecular weight excluding hydrogens is 304 g/mol. The zero-order valence-corrected chi connectivity index (χ0v) is 12.3. The van der Waals surface area contributed by atoms with Gasteiger partial charge >= 0.3 is 6.61 Å². The van der Waals surface area contributed by atoms with Gasteiger partial charge in [-0.1, -0.05) is 23.7 Å². The fourth-order valence-corrected chi connectivity index (χ4v) is 2.81. The average Bonchev–Trinajstić information content (AvgIpc) is 2.84. The zero-order chi connectivity index (χ0) is 14.5. The first-order valence-electron chi connectivity index (χ1n) is 6.07. The topological polar surface area (TPSA) is 21.3 Å². The molecule has 0 bridgehead atoms. The number of ether oxygens (including phenoxy) is 1. The Morgan fingerprint density at radius 2 is 1.90 bits per heavy atom. The standard InChI is InChI=1S/C14H14ClF2NOS/c1-9(12-6-7-13(15)20-12)18-8-10-2-4-11(5-3-10)19-14(16)17/h2-7,9,14,18H,8H2,1H3. The molecule has 2 nitrogen and oxygen atoms in total. The van der Waals surface area contributed by atoms with Crippen molar-refractivity contribution in [3.63, 3.8) is 0 Å². The van der Waals surface area contributed by atoms with E-state index in [2.05, 4.69) is 17.0 Å². The van der Waals surface area contributed by atoms with Crippen molar-refractivity contribution in [3.05, 3.63) is 51.2 Å². The van der Waals surface area contributed by atoms with Gasteiger partial charge < -0.3 is 10.1 Å². The molecule has 0 radical (unpaired) electrons. The van der Waals surface area contributed by atoms with Crippen LogP contribution in [-0.4, -0.2) is 6.61 Å². The average molecular weight is 318 g/mol. The van der Waals surface area contributed by atoms with Crippen LogP contribution in [0.15, 0.2) is 36.4 Å². The van der Waals surface area contributed by atoms with E-state index in [1.807, 2.05) is 12.1 Å². The van der Waals surface area contributed by atoms with E-state index in [0.717, 1.165) is 14.8 Å². The van der Waals surface area contributed by atoms with E-state index in [9.17, 15) is 8.78 Å². The lowest BCUT2D eigenvalue weighted by atomic mass is 10.2. The van der Waals surface area contributed by atoms with Crippen molar-refractivity contribution in [2.24, 2.45) is 0 Å². The molecule has 6 heteroatoms. The van der Waals surface area contributed by atoms with Crippen molar-refractivity contribution in [2.45, 2.75) is 26.1 Å². The third kappa shape index (κ3) is 4.44. The number of nitrogens with one attached hydrogen (secondary N) is 1. The lowest BCUT2D eigenvalue weighted by Crippen LogP contribution is -2.17. The van der Waals surface area contributed by atoms with E-state index in [1.165, 1.54) is 23.5 Å². The van der Waals surface area contributed by atoms with Gasteiger partial charge in [0.1, 0.15) is 5.75 Å². The number of rotatable bonds is 6. The highest BCUT2D eigenvalue weighted by Gasteiger charge is 2.08. The molecule has 1 N–H and O–H groups in total. The molecule has 0 aliphatic carbocycles. The van der Waals surface area contributed by atoms with Crippen molar-refractivity contribution < 1.29 is 13.5 Å². The predicted molar refractivity (Wildman–Crippen MR) is 77.7 cm³/mol. The minimum absolute atomic E-state index is 0.168. The largest absolute Gasteiger partial charge is 0.435 e. The van der Waals surface area contributed by atoms with E-state index < -0.39 is 6.61 Å². The molecule has 0 aliphatic heterocycles. The van der Waals surface area contributed by atoms with Crippen LogP contribution in [0.4, 0.5) is 8.78 Å². The molecule has 20 heavy (non-hydrogen) atoms. The molecule has 1 unspecified atom stereocenters. The van der Waals surface area contributed by atoms with Gasteiger partial charge in [-0.2, -0.15) is 8.78 Å². The van der Waals surface area contributed by atoms with E-state index >= 15 is 0 Å². The van der Waals surface area contributed by atoms with Gasteiger partial charge in [0.15, 0.2) is 0 Å². The smallest absolute Gasteiger partial charge is 0.387 e. The summed E-state index contributed by atoms with van der Waals surface area (Å²) >= 11 is 7.44. The Bertz CT molecular complexity index is 544. The van der Waals surface area contributed by atoms with Gasteiger partial charge in [0.05, 0.1) is 4.34 Å². The fourth-order valence-electron chi connectivity index (χ4n) is 1.72. The highest BCUT2D eigenvalue weighted by molar-refractivity contribution is 7.16. The number of benzene rings is 1. The van der Waals surface area contributed by atoms with E-state index in [0.29, 0.717) is 6.54 Å². The van der Waals surface area contributed by atoms with Crippen molar-refractivity contribution in [1.82, 2.24) is 5.32 Å². The fraction of sp³-hybridized carbons (Fsp3) is 0.286. The number of alkyl halides is 2. The molecule has 0 saturated carbocycles. The first-order valence-corrected chi connectivity index (χ1v) is 7.26. The second kappa shape index (κ2) is 7.02. The van der Waals surface area contributed by atoms with Crippen LogP contribution in [0.3, 0.4) is 0 Å². The van der Waals surface area contributed by atoms with E-state index in [1.54, 1.807) is 12.1 Å². The summed E-state index contributed by atoms with van der Waals surface area (Å²) in [5, 5.41) is 3.35. The first-order chi connectivity index (χ1) is 9.54. The summed E-state index contributed by atoms with van der Waals surface area (Å²) in [5.41, 5.74) is 1.00. The van der Waals surface area contributed by atoms with Crippen LogP contribution < -0.4 is 10.1 Å². The maximum absolute atomic E-state index is 12.0. The van der Waals surface area contributed by atoms with Gasteiger partial charge in [-0.3, -0.25) is 0 Å². The molecule has 1 heterocycles. The van der Waals surface area contributed by atoms with Crippen molar-refractivity contribution in [1.29, 1.82) is 0 Å². The normalized spacial score (nSPS) is 12.7. The van der Waals surface area contributed by atoms with Crippen molar-refractivity contribution in [2.75, 3.05) is 0 Å². The third-order valence-electron chi connectivity index (χ3n) is 2.78. The monoisotopic (exact) mass is 317 g/mol.